The highest BCUT2D eigenvalue weighted by atomic mass is 19.3. The molecular formula is C25H31F2N5O3. The van der Waals surface area contributed by atoms with Crippen molar-refractivity contribution in [3.63, 3.8) is 0 Å². The van der Waals surface area contributed by atoms with Crippen molar-refractivity contribution >= 4 is 17.7 Å². The van der Waals surface area contributed by atoms with Crippen LogP contribution in [0.25, 0.3) is 0 Å². The van der Waals surface area contributed by atoms with E-state index in [1.54, 1.807) is 24.1 Å². The number of likely N-dealkylation sites (tertiary alicyclic amines) is 1. The van der Waals surface area contributed by atoms with Crippen LogP contribution in [0.2, 0.25) is 0 Å². The molecule has 0 unspecified atom stereocenters. The number of aromatic amines is 1. The number of nitrogens with zero attached hydrogens (tertiary/aromatic N) is 3. The highest BCUT2D eigenvalue weighted by Gasteiger charge is 2.78. The molecule has 3 aliphatic rings. The van der Waals surface area contributed by atoms with Gasteiger partial charge in [-0.15, -0.1) is 0 Å². The topological polar surface area (TPSA) is 100 Å². The minimum Gasteiger partial charge on any atom is -0.444 e. The van der Waals surface area contributed by atoms with Gasteiger partial charge in [-0.25, -0.2) is 13.6 Å². The highest BCUT2D eigenvalue weighted by molar-refractivity contribution is 6.04. The fraction of sp³-hybridized carbons (Fsp3) is 0.600. The van der Waals surface area contributed by atoms with E-state index in [9.17, 15) is 18.4 Å². The molecule has 2 aromatic heterocycles. The number of amides is 2. The number of hydrogen-bond donors (Lipinski definition) is 2. The molecule has 0 bridgehead atoms. The first-order valence-corrected chi connectivity index (χ1v) is 12.1. The van der Waals surface area contributed by atoms with E-state index in [-0.39, 0.29) is 30.5 Å². The molecule has 0 radical (unpaired) electrons. The number of anilines is 1. The molecule has 10 heteroatoms. The van der Waals surface area contributed by atoms with Gasteiger partial charge in [0.1, 0.15) is 5.60 Å². The lowest BCUT2D eigenvalue weighted by atomic mass is 9.87. The summed E-state index contributed by atoms with van der Waals surface area (Å²) in [7, 11) is 0. The fourth-order valence-corrected chi connectivity index (χ4v) is 5.39. The third kappa shape index (κ3) is 4.16. The second-order valence-corrected chi connectivity index (χ2v) is 11.2. The molecule has 1 saturated carbocycles. The number of alkyl halides is 2. The van der Waals surface area contributed by atoms with Crippen LogP contribution in [0, 0.1) is 11.3 Å². The number of H-pyrrole nitrogens is 1. The molecule has 8 nitrogen and oxygen atoms in total. The van der Waals surface area contributed by atoms with E-state index in [1.165, 1.54) is 0 Å². The number of halogens is 2. The van der Waals surface area contributed by atoms with E-state index in [0.29, 0.717) is 30.0 Å². The molecule has 1 aliphatic heterocycles. The molecule has 2 aromatic rings. The molecule has 0 aromatic carbocycles. The number of aromatic nitrogens is 3. The van der Waals surface area contributed by atoms with Crippen molar-refractivity contribution in [3.8, 4) is 0 Å². The average Bonchev–Trinajstić information content (AvgIpc) is 3.06. The molecule has 2 fully saturated rings. The van der Waals surface area contributed by atoms with Gasteiger partial charge in [0.2, 0.25) is 0 Å². The lowest BCUT2D eigenvalue weighted by Gasteiger charge is -2.33. The van der Waals surface area contributed by atoms with Gasteiger partial charge in [-0.05, 0) is 52.2 Å². The Hall–Kier alpha value is -3.04. The van der Waals surface area contributed by atoms with Crippen molar-refractivity contribution in [2.24, 2.45) is 11.3 Å². The fourth-order valence-electron chi connectivity index (χ4n) is 5.39. The van der Waals surface area contributed by atoms with Crippen LogP contribution in [0.3, 0.4) is 0 Å². The van der Waals surface area contributed by atoms with E-state index in [1.807, 2.05) is 26.8 Å². The third-order valence-corrected chi connectivity index (χ3v) is 7.61. The lowest BCUT2D eigenvalue weighted by Crippen LogP contribution is -2.41. The molecule has 188 valence electrons. The minimum absolute atomic E-state index is 0.150. The summed E-state index contributed by atoms with van der Waals surface area (Å²) in [5, 5.41) is 9.70. The highest BCUT2D eigenvalue weighted by Crippen LogP contribution is 2.70. The van der Waals surface area contributed by atoms with Crippen molar-refractivity contribution in [2.45, 2.75) is 70.8 Å². The van der Waals surface area contributed by atoms with Gasteiger partial charge >= 0.3 is 6.09 Å². The standard InChI is InChI=1S/C25H31F2N5O3/c1-23(2,3)35-22(34)32-9-7-14(8-10-32)17-6-5-15(13-28-17)29-21(33)20-16-11-19-24(4,25(19,26)27)12-18(16)30-31-20/h5-6,13-14,19H,7-12H2,1-4H3,(H,29,33)(H,30,31)/t19-,24+/m0/s1. The van der Waals surface area contributed by atoms with Crippen LogP contribution in [0.5, 0.6) is 0 Å². The second kappa shape index (κ2) is 7.99. The maximum Gasteiger partial charge on any atom is 0.410 e. The van der Waals surface area contributed by atoms with E-state index in [4.69, 9.17) is 4.74 Å². The Morgan fingerprint density at radius 2 is 1.94 bits per heavy atom. The maximum atomic E-state index is 14.2. The Labute approximate surface area is 202 Å². The second-order valence-electron chi connectivity index (χ2n) is 11.2. The maximum absolute atomic E-state index is 14.2. The van der Waals surface area contributed by atoms with E-state index >= 15 is 0 Å². The zero-order chi connectivity index (χ0) is 25.2. The van der Waals surface area contributed by atoms with Crippen LogP contribution in [0.1, 0.15) is 73.9 Å². The largest absolute Gasteiger partial charge is 0.444 e. The normalized spacial score (nSPS) is 25.4. The monoisotopic (exact) mass is 487 g/mol. The smallest absolute Gasteiger partial charge is 0.410 e. The van der Waals surface area contributed by atoms with Crippen LogP contribution >= 0.6 is 0 Å². The summed E-state index contributed by atoms with van der Waals surface area (Å²) in [6.45, 7) is 8.35. The minimum atomic E-state index is -2.70. The number of rotatable bonds is 3. The Morgan fingerprint density at radius 1 is 1.23 bits per heavy atom. The summed E-state index contributed by atoms with van der Waals surface area (Å²) in [5.41, 5.74) is 1.24. The summed E-state index contributed by atoms with van der Waals surface area (Å²) in [4.78, 5) is 31.3. The molecule has 2 atom stereocenters. The molecule has 5 rings (SSSR count). The number of piperidine rings is 1. The Bertz CT molecular complexity index is 1150. The van der Waals surface area contributed by atoms with Crippen LogP contribution in [0.15, 0.2) is 18.3 Å². The quantitative estimate of drug-likeness (QED) is 0.662. The van der Waals surface area contributed by atoms with Gasteiger partial charge in [-0.2, -0.15) is 5.10 Å². The van der Waals surface area contributed by atoms with Gasteiger partial charge in [-0.1, -0.05) is 6.92 Å². The zero-order valence-corrected chi connectivity index (χ0v) is 20.5. The van der Waals surface area contributed by atoms with Gasteiger partial charge in [-0.3, -0.25) is 14.9 Å². The van der Waals surface area contributed by atoms with E-state index in [2.05, 4.69) is 20.5 Å². The Morgan fingerprint density at radius 3 is 2.57 bits per heavy atom. The van der Waals surface area contributed by atoms with Crippen LogP contribution < -0.4 is 5.32 Å². The van der Waals surface area contributed by atoms with Crippen LogP contribution in [0.4, 0.5) is 19.3 Å². The summed E-state index contributed by atoms with van der Waals surface area (Å²) in [6, 6.07) is 3.66. The first-order chi connectivity index (χ1) is 16.4. The zero-order valence-electron chi connectivity index (χ0n) is 20.5. The van der Waals surface area contributed by atoms with Crippen molar-refractivity contribution < 1.29 is 23.1 Å². The van der Waals surface area contributed by atoms with Crippen molar-refractivity contribution in [1.29, 1.82) is 0 Å². The SMILES string of the molecule is CC(C)(C)OC(=O)N1CCC(c2ccc(NC(=O)c3n[nH]c4c3C[C@@H]3C(F)(F)[C@]3(C)C4)cn2)CC1. The molecule has 2 amide bonds. The average molecular weight is 488 g/mol. The molecule has 2 aliphatic carbocycles. The summed E-state index contributed by atoms with van der Waals surface area (Å²) in [5.74, 6) is -3.67. The summed E-state index contributed by atoms with van der Waals surface area (Å²) < 4.78 is 33.8. The van der Waals surface area contributed by atoms with Gasteiger partial charge < -0.3 is 15.0 Å². The van der Waals surface area contributed by atoms with Crippen molar-refractivity contribution in [3.05, 3.63) is 41.0 Å². The molecule has 35 heavy (non-hydrogen) atoms. The first kappa shape index (κ1) is 23.7. The Balaban J connectivity index is 1.18. The predicted octanol–water partition coefficient (Wildman–Crippen LogP) is 4.54. The molecule has 2 N–H and O–H groups in total. The number of fused-ring (bicyclic) bond motifs is 2. The molecule has 3 heterocycles. The predicted molar refractivity (Wildman–Crippen MR) is 125 cm³/mol. The summed E-state index contributed by atoms with van der Waals surface area (Å²) >= 11 is 0. The van der Waals surface area contributed by atoms with Crippen LogP contribution in [-0.2, 0) is 17.6 Å². The van der Waals surface area contributed by atoms with Gasteiger partial charge in [0.15, 0.2) is 5.69 Å². The van der Waals surface area contributed by atoms with Crippen molar-refractivity contribution in [1.82, 2.24) is 20.1 Å². The number of carbonyl (C=O) groups excluding carboxylic acids is 2. The summed E-state index contributed by atoms with van der Waals surface area (Å²) in [6.07, 6.45) is 3.21. The number of ether oxygens (including phenoxy) is 1. The third-order valence-electron chi connectivity index (χ3n) is 7.61. The van der Waals surface area contributed by atoms with Crippen LogP contribution in [-0.4, -0.2) is 56.7 Å². The van der Waals surface area contributed by atoms with Gasteiger partial charge in [0.25, 0.3) is 11.8 Å². The molecule has 0 spiro atoms. The Kier molecular flexibility index (Phi) is 5.41. The van der Waals surface area contributed by atoms with E-state index < -0.39 is 28.8 Å². The molecular weight excluding hydrogens is 456 g/mol. The van der Waals surface area contributed by atoms with Crippen molar-refractivity contribution in [2.75, 3.05) is 18.4 Å². The molecule has 1 saturated heterocycles. The first-order valence-electron chi connectivity index (χ1n) is 12.1. The number of carbonyl (C=O) groups is 2. The number of nitrogens with one attached hydrogen (secondary N) is 2. The number of hydrogen-bond acceptors (Lipinski definition) is 5. The number of pyridine rings is 1. The lowest BCUT2D eigenvalue weighted by molar-refractivity contribution is 0.0204. The van der Waals surface area contributed by atoms with Gasteiger partial charge in [0.05, 0.1) is 11.9 Å². The van der Waals surface area contributed by atoms with E-state index in [0.717, 1.165) is 18.5 Å². The van der Waals surface area contributed by atoms with Gasteiger partial charge in [0, 0.05) is 53.7 Å².